The van der Waals surface area contributed by atoms with Crippen LogP contribution in [0.3, 0.4) is 0 Å². The Kier molecular flexibility index (Phi) is 5.64. The molecule has 2 aromatic rings. The molecule has 0 spiro atoms. The molecule has 31 heavy (non-hydrogen) atoms. The number of hydrogen-bond acceptors (Lipinski definition) is 4. The molecule has 2 aliphatic rings. The van der Waals surface area contributed by atoms with Crippen LogP contribution in [0.2, 0.25) is 5.02 Å². The number of piperazine rings is 1. The van der Waals surface area contributed by atoms with Crippen molar-refractivity contribution in [2.24, 2.45) is 0 Å². The summed E-state index contributed by atoms with van der Waals surface area (Å²) in [5, 5.41) is 0.679. The predicted molar refractivity (Wildman–Crippen MR) is 110 cm³/mol. The molecule has 1 aromatic heterocycles. The molecular weight excluding hydrogens is 431 g/mol. The highest BCUT2D eigenvalue weighted by atomic mass is 35.5. The minimum absolute atomic E-state index is 0.0142. The number of nitrogens with zero attached hydrogens (tertiary/aromatic N) is 3. The van der Waals surface area contributed by atoms with Gasteiger partial charge in [0, 0.05) is 43.0 Å². The highest BCUT2D eigenvalue weighted by Gasteiger charge is 2.47. The first-order valence-corrected chi connectivity index (χ1v) is 10.4. The number of aromatic nitrogens is 1. The summed E-state index contributed by atoms with van der Waals surface area (Å²) in [6.07, 6.45) is -2.68. The largest absolute Gasteiger partial charge is 0.496 e. The molecule has 1 amide bonds. The van der Waals surface area contributed by atoms with E-state index in [4.69, 9.17) is 16.3 Å². The number of carbonyl (C=O) groups excluding carboxylic acids is 1. The van der Waals surface area contributed by atoms with E-state index in [1.54, 1.807) is 12.0 Å². The molecule has 4 rings (SSSR count). The van der Waals surface area contributed by atoms with Crippen LogP contribution in [-0.4, -0.2) is 53.0 Å². The van der Waals surface area contributed by atoms with Gasteiger partial charge in [-0.2, -0.15) is 13.2 Å². The minimum Gasteiger partial charge on any atom is -0.496 e. The molecule has 0 aliphatic carbocycles. The highest BCUT2D eigenvalue weighted by molar-refractivity contribution is 6.32. The molecule has 3 heterocycles. The van der Waals surface area contributed by atoms with E-state index in [-0.39, 0.29) is 29.6 Å². The number of carbonyl (C=O) groups is 1. The summed E-state index contributed by atoms with van der Waals surface area (Å²) < 4.78 is 43.5. The fourth-order valence-electron chi connectivity index (χ4n) is 4.69. The van der Waals surface area contributed by atoms with Gasteiger partial charge in [-0.1, -0.05) is 17.7 Å². The normalized spacial score (nSPS) is 22.1. The van der Waals surface area contributed by atoms with Gasteiger partial charge in [0.15, 0.2) is 0 Å². The Hall–Kier alpha value is -2.32. The number of methoxy groups -OCH3 is 1. The van der Waals surface area contributed by atoms with Crippen LogP contribution in [0.1, 0.15) is 46.6 Å². The molecule has 0 radical (unpaired) electrons. The number of alkyl halides is 3. The lowest BCUT2D eigenvalue weighted by Crippen LogP contribution is -2.49. The lowest BCUT2D eigenvalue weighted by molar-refractivity contribution is -0.141. The van der Waals surface area contributed by atoms with E-state index in [2.05, 4.69) is 16.8 Å². The van der Waals surface area contributed by atoms with E-state index >= 15 is 0 Å². The first kappa shape index (κ1) is 21.9. The Bertz CT molecular complexity index is 997. The molecule has 2 aliphatic heterocycles. The first-order chi connectivity index (χ1) is 14.6. The van der Waals surface area contributed by atoms with Crippen molar-refractivity contribution in [3.05, 3.63) is 57.9 Å². The third-order valence-corrected chi connectivity index (χ3v) is 6.88. The standard InChI is InChI=1S/C22H23ClF3N3O2/c1-12-18(31-3)6-5-17(20(12)23)13(2)28-10-16-8-15(28)11-29(16)21(30)14-4-7-19(27-9-14)22(24,25)26/h4-7,9,13,15-16H,8,10-11H2,1-3H3/t13-,15-,16-/m0/s1. The smallest absolute Gasteiger partial charge is 0.433 e. The second kappa shape index (κ2) is 7.98. The third-order valence-electron chi connectivity index (χ3n) is 6.38. The van der Waals surface area contributed by atoms with Crippen LogP contribution in [0.4, 0.5) is 13.2 Å². The van der Waals surface area contributed by atoms with Crippen LogP contribution in [0.5, 0.6) is 5.75 Å². The van der Waals surface area contributed by atoms with E-state index in [0.717, 1.165) is 35.6 Å². The van der Waals surface area contributed by atoms with E-state index in [1.807, 2.05) is 19.1 Å². The Labute approximate surface area is 183 Å². The summed E-state index contributed by atoms with van der Waals surface area (Å²) in [5.41, 5.74) is 1.08. The molecule has 9 heteroatoms. The quantitative estimate of drug-likeness (QED) is 0.671. The number of likely N-dealkylation sites (tertiary alicyclic amines) is 2. The molecule has 2 bridgehead atoms. The molecule has 0 saturated carbocycles. The average Bonchev–Trinajstić information content (AvgIpc) is 3.35. The Morgan fingerprint density at radius 2 is 1.97 bits per heavy atom. The number of rotatable bonds is 4. The number of fused-ring (bicyclic) bond motifs is 2. The lowest BCUT2D eigenvalue weighted by atomic mass is 10.0. The lowest BCUT2D eigenvalue weighted by Gasteiger charge is -2.38. The third kappa shape index (κ3) is 3.87. The molecule has 1 aromatic carbocycles. The number of halogens is 4. The van der Waals surface area contributed by atoms with Crippen molar-refractivity contribution in [2.45, 2.75) is 44.6 Å². The van der Waals surface area contributed by atoms with Crippen LogP contribution < -0.4 is 4.74 Å². The number of hydrogen-bond donors (Lipinski definition) is 0. The van der Waals surface area contributed by atoms with Crippen molar-refractivity contribution in [3.8, 4) is 5.75 Å². The minimum atomic E-state index is -4.52. The van der Waals surface area contributed by atoms with Crippen molar-refractivity contribution in [1.82, 2.24) is 14.8 Å². The van der Waals surface area contributed by atoms with Gasteiger partial charge in [0.25, 0.3) is 5.91 Å². The zero-order chi connectivity index (χ0) is 22.5. The molecule has 3 atom stereocenters. The van der Waals surface area contributed by atoms with Gasteiger partial charge in [0.2, 0.25) is 0 Å². The van der Waals surface area contributed by atoms with E-state index < -0.39 is 11.9 Å². The van der Waals surface area contributed by atoms with Gasteiger partial charge in [-0.25, -0.2) is 0 Å². The summed E-state index contributed by atoms with van der Waals surface area (Å²) in [5.74, 6) is 0.463. The number of amides is 1. The first-order valence-electron chi connectivity index (χ1n) is 10.0. The monoisotopic (exact) mass is 453 g/mol. The summed E-state index contributed by atoms with van der Waals surface area (Å²) >= 11 is 6.60. The molecule has 0 unspecified atom stereocenters. The van der Waals surface area contributed by atoms with Gasteiger partial charge in [0.1, 0.15) is 11.4 Å². The van der Waals surface area contributed by atoms with Crippen molar-refractivity contribution in [3.63, 3.8) is 0 Å². The van der Waals surface area contributed by atoms with Gasteiger partial charge < -0.3 is 9.64 Å². The molecular formula is C22H23ClF3N3O2. The van der Waals surface area contributed by atoms with Gasteiger partial charge in [-0.3, -0.25) is 14.7 Å². The Morgan fingerprint density at radius 3 is 2.52 bits per heavy atom. The molecule has 166 valence electrons. The average molecular weight is 454 g/mol. The van der Waals surface area contributed by atoms with E-state index in [9.17, 15) is 18.0 Å². The van der Waals surface area contributed by atoms with Crippen LogP contribution in [0.25, 0.3) is 0 Å². The Morgan fingerprint density at radius 1 is 1.23 bits per heavy atom. The van der Waals surface area contributed by atoms with E-state index in [1.165, 1.54) is 6.07 Å². The van der Waals surface area contributed by atoms with Gasteiger partial charge in [-0.05, 0) is 44.0 Å². The van der Waals surface area contributed by atoms with Crippen LogP contribution in [0, 0.1) is 6.92 Å². The van der Waals surface area contributed by atoms with Crippen molar-refractivity contribution >= 4 is 17.5 Å². The summed E-state index contributed by atoms with van der Waals surface area (Å²) in [6, 6.07) is 6.19. The van der Waals surface area contributed by atoms with Crippen LogP contribution in [-0.2, 0) is 6.18 Å². The topological polar surface area (TPSA) is 45.7 Å². The zero-order valence-electron chi connectivity index (χ0n) is 17.4. The number of pyridine rings is 1. The van der Waals surface area contributed by atoms with Crippen molar-refractivity contribution in [1.29, 1.82) is 0 Å². The fraction of sp³-hybridized carbons (Fsp3) is 0.455. The maximum atomic E-state index is 12.9. The van der Waals surface area contributed by atoms with Crippen molar-refractivity contribution in [2.75, 3.05) is 20.2 Å². The fourth-order valence-corrected chi connectivity index (χ4v) is 5.00. The zero-order valence-corrected chi connectivity index (χ0v) is 18.2. The van der Waals surface area contributed by atoms with Crippen LogP contribution in [0.15, 0.2) is 30.5 Å². The van der Waals surface area contributed by atoms with E-state index in [0.29, 0.717) is 18.1 Å². The highest BCUT2D eigenvalue weighted by Crippen LogP contribution is 2.41. The number of ether oxygens (including phenoxy) is 1. The maximum absolute atomic E-state index is 12.9. The molecule has 5 nitrogen and oxygen atoms in total. The maximum Gasteiger partial charge on any atom is 0.433 e. The molecule has 2 saturated heterocycles. The van der Waals surface area contributed by atoms with Crippen molar-refractivity contribution < 1.29 is 22.7 Å². The molecule has 2 fully saturated rings. The summed E-state index contributed by atoms with van der Waals surface area (Å²) in [4.78, 5) is 20.4. The second-order valence-electron chi connectivity index (χ2n) is 8.10. The predicted octanol–water partition coefficient (Wildman–Crippen LogP) is 4.73. The summed E-state index contributed by atoms with van der Waals surface area (Å²) in [7, 11) is 1.61. The Balaban J connectivity index is 1.46. The summed E-state index contributed by atoms with van der Waals surface area (Å²) in [6.45, 7) is 5.24. The second-order valence-corrected chi connectivity index (χ2v) is 8.48. The molecule has 0 N–H and O–H groups in total. The van der Waals surface area contributed by atoms with Gasteiger partial charge in [-0.15, -0.1) is 0 Å². The van der Waals surface area contributed by atoms with Gasteiger partial charge >= 0.3 is 6.18 Å². The van der Waals surface area contributed by atoms with Crippen LogP contribution >= 0.6 is 11.6 Å². The SMILES string of the molecule is COc1ccc([C@H](C)N2C[C@@H]3C[C@H]2CN3C(=O)c2ccc(C(F)(F)F)nc2)c(Cl)c1C. The van der Waals surface area contributed by atoms with Gasteiger partial charge in [0.05, 0.1) is 17.7 Å². The number of benzene rings is 1.